The molecule has 0 atom stereocenters. The summed E-state index contributed by atoms with van der Waals surface area (Å²) in [5.74, 6) is 1.00. The fourth-order valence-corrected chi connectivity index (χ4v) is 3.06. The highest BCUT2D eigenvalue weighted by Gasteiger charge is 2.21. The quantitative estimate of drug-likeness (QED) is 0.806. The smallest absolute Gasteiger partial charge is 0.227 e. The number of ether oxygens (including phenoxy) is 1. The van der Waals surface area contributed by atoms with E-state index in [1.807, 2.05) is 53.4 Å². The summed E-state index contributed by atoms with van der Waals surface area (Å²) in [6, 6.07) is 15.6. The number of nitrogens with one attached hydrogen (secondary N) is 2. The molecular weight excluding hydrogens is 334 g/mol. The molecule has 5 nitrogen and oxygen atoms in total. The molecule has 0 unspecified atom stereocenters. The molecule has 1 heterocycles. The summed E-state index contributed by atoms with van der Waals surface area (Å²) in [6.07, 6.45) is 1.53. The zero-order valence-electron chi connectivity index (χ0n) is 14.1. The van der Waals surface area contributed by atoms with Gasteiger partial charge in [-0.25, -0.2) is 0 Å². The van der Waals surface area contributed by atoms with Crippen molar-refractivity contribution in [2.75, 3.05) is 23.9 Å². The van der Waals surface area contributed by atoms with E-state index in [0.29, 0.717) is 18.1 Å². The van der Waals surface area contributed by atoms with Crippen LogP contribution in [0.5, 0.6) is 5.75 Å². The van der Waals surface area contributed by atoms with Gasteiger partial charge in [0.05, 0.1) is 7.11 Å². The number of rotatable bonds is 5. The van der Waals surface area contributed by atoms with E-state index in [0.717, 1.165) is 35.7 Å². The number of para-hydroxylation sites is 1. The van der Waals surface area contributed by atoms with Crippen molar-refractivity contribution < 1.29 is 9.53 Å². The van der Waals surface area contributed by atoms with E-state index in [2.05, 4.69) is 10.6 Å². The third-order valence-electron chi connectivity index (χ3n) is 4.12. The molecule has 0 saturated carbocycles. The monoisotopic (exact) mass is 355 g/mol. The van der Waals surface area contributed by atoms with Gasteiger partial charge >= 0.3 is 0 Å². The number of carbonyl (C=O) groups excluding carboxylic acids is 1. The lowest BCUT2D eigenvalue weighted by atomic mass is 10.2. The van der Waals surface area contributed by atoms with Crippen molar-refractivity contribution in [1.29, 1.82) is 0 Å². The molecule has 0 aromatic heterocycles. The van der Waals surface area contributed by atoms with Gasteiger partial charge in [0.1, 0.15) is 5.75 Å². The van der Waals surface area contributed by atoms with Crippen LogP contribution in [0.2, 0.25) is 0 Å². The maximum Gasteiger partial charge on any atom is 0.227 e. The molecule has 1 amide bonds. The molecular formula is C19H21N3O2S. The lowest BCUT2D eigenvalue weighted by molar-refractivity contribution is -0.117. The molecule has 0 aliphatic carbocycles. The molecule has 2 N–H and O–H groups in total. The Morgan fingerprint density at radius 2 is 2.08 bits per heavy atom. The summed E-state index contributed by atoms with van der Waals surface area (Å²) in [5, 5.41) is 6.87. The lowest BCUT2D eigenvalue weighted by Crippen LogP contribution is -2.28. The third kappa shape index (κ3) is 4.28. The van der Waals surface area contributed by atoms with Crippen LogP contribution in [0.4, 0.5) is 11.4 Å². The summed E-state index contributed by atoms with van der Waals surface area (Å²) in [5.41, 5.74) is 2.79. The second-order valence-electron chi connectivity index (χ2n) is 5.82. The molecule has 25 heavy (non-hydrogen) atoms. The van der Waals surface area contributed by atoms with Crippen molar-refractivity contribution in [3.63, 3.8) is 0 Å². The van der Waals surface area contributed by atoms with Crippen molar-refractivity contribution in [1.82, 2.24) is 5.32 Å². The number of carbonyl (C=O) groups is 1. The van der Waals surface area contributed by atoms with Crippen LogP contribution in [0.15, 0.2) is 48.5 Å². The van der Waals surface area contributed by atoms with Crippen molar-refractivity contribution >= 4 is 34.6 Å². The standard InChI is InChI=1S/C19H21N3O2S/c1-24-17-9-3-2-6-14(17)13-20-19(25)21-15-7-4-8-16(12-15)22-11-5-10-18(22)23/h2-4,6-9,12H,5,10-11,13H2,1H3,(H2,20,21,25). The first-order valence-electron chi connectivity index (χ1n) is 8.24. The van der Waals surface area contributed by atoms with E-state index in [9.17, 15) is 4.79 Å². The SMILES string of the molecule is COc1ccccc1CNC(=S)Nc1cccc(N2CCCC2=O)c1. The van der Waals surface area contributed by atoms with Crippen molar-refractivity contribution in [3.8, 4) is 5.75 Å². The Bertz CT molecular complexity index is 779. The van der Waals surface area contributed by atoms with Gasteiger partial charge in [-0.15, -0.1) is 0 Å². The van der Waals surface area contributed by atoms with Gasteiger partial charge in [0.25, 0.3) is 0 Å². The molecule has 6 heteroatoms. The van der Waals surface area contributed by atoms with Crippen LogP contribution >= 0.6 is 12.2 Å². The molecule has 1 aliphatic heterocycles. The minimum absolute atomic E-state index is 0.175. The fourth-order valence-electron chi connectivity index (χ4n) is 2.87. The molecule has 0 bridgehead atoms. The van der Waals surface area contributed by atoms with Crippen LogP contribution in [0.3, 0.4) is 0 Å². The Balaban J connectivity index is 1.60. The predicted octanol–water partition coefficient (Wildman–Crippen LogP) is 3.31. The predicted molar refractivity (Wildman–Crippen MR) is 104 cm³/mol. The van der Waals surface area contributed by atoms with Crippen LogP contribution in [-0.4, -0.2) is 24.7 Å². The number of hydrogen-bond donors (Lipinski definition) is 2. The van der Waals surface area contributed by atoms with Crippen LogP contribution in [0.25, 0.3) is 0 Å². The normalized spacial score (nSPS) is 13.6. The van der Waals surface area contributed by atoms with Crippen LogP contribution in [0, 0.1) is 0 Å². The fraction of sp³-hybridized carbons (Fsp3) is 0.263. The Labute approximate surface area is 153 Å². The first-order chi connectivity index (χ1) is 12.2. The van der Waals surface area contributed by atoms with E-state index in [1.165, 1.54) is 0 Å². The number of thiocarbonyl (C=S) groups is 1. The Kier molecular flexibility index (Phi) is 5.50. The molecule has 130 valence electrons. The zero-order valence-corrected chi connectivity index (χ0v) is 14.9. The number of amides is 1. The summed E-state index contributed by atoms with van der Waals surface area (Å²) >= 11 is 5.37. The van der Waals surface area contributed by atoms with E-state index in [4.69, 9.17) is 17.0 Å². The maximum atomic E-state index is 11.9. The molecule has 3 rings (SSSR count). The summed E-state index contributed by atoms with van der Waals surface area (Å²) < 4.78 is 5.34. The molecule has 1 saturated heterocycles. The lowest BCUT2D eigenvalue weighted by Gasteiger charge is -2.17. The summed E-state index contributed by atoms with van der Waals surface area (Å²) in [4.78, 5) is 13.7. The van der Waals surface area contributed by atoms with Gasteiger partial charge in [0, 0.05) is 36.4 Å². The second kappa shape index (κ2) is 7.98. The number of nitrogens with zero attached hydrogens (tertiary/aromatic N) is 1. The first kappa shape index (κ1) is 17.2. The van der Waals surface area contributed by atoms with Gasteiger partial charge in [0.15, 0.2) is 5.11 Å². The molecule has 1 aliphatic rings. The highest BCUT2D eigenvalue weighted by atomic mass is 32.1. The maximum absolute atomic E-state index is 11.9. The van der Waals surface area contributed by atoms with E-state index in [-0.39, 0.29) is 5.91 Å². The second-order valence-corrected chi connectivity index (χ2v) is 6.23. The minimum atomic E-state index is 0.175. The topological polar surface area (TPSA) is 53.6 Å². The van der Waals surface area contributed by atoms with E-state index >= 15 is 0 Å². The van der Waals surface area contributed by atoms with Gasteiger partial charge in [-0.3, -0.25) is 4.79 Å². The van der Waals surface area contributed by atoms with Gasteiger partial charge in [-0.05, 0) is 42.9 Å². The first-order valence-corrected chi connectivity index (χ1v) is 8.65. The van der Waals surface area contributed by atoms with Crippen LogP contribution in [0.1, 0.15) is 18.4 Å². The molecule has 2 aromatic carbocycles. The third-order valence-corrected chi connectivity index (χ3v) is 4.37. The zero-order chi connectivity index (χ0) is 17.6. The Hall–Kier alpha value is -2.60. The minimum Gasteiger partial charge on any atom is -0.496 e. The molecule has 0 radical (unpaired) electrons. The average molecular weight is 355 g/mol. The van der Waals surface area contributed by atoms with Crippen LogP contribution < -0.4 is 20.3 Å². The number of methoxy groups -OCH3 is 1. The van der Waals surface area contributed by atoms with Crippen molar-refractivity contribution in [3.05, 3.63) is 54.1 Å². The molecule has 0 spiro atoms. The van der Waals surface area contributed by atoms with Crippen LogP contribution in [-0.2, 0) is 11.3 Å². The van der Waals surface area contributed by atoms with E-state index < -0.39 is 0 Å². The average Bonchev–Trinajstić information content (AvgIpc) is 3.06. The molecule has 2 aromatic rings. The largest absolute Gasteiger partial charge is 0.496 e. The van der Waals surface area contributed by atoms with Gasteiger partial charge in [0.2, 0.25) is 5.91 Å². The van der Waals surface area contributed by atoms with E-state index in [1.54, 1.807) is 7.11 Å². The Morgan fingerprint density at radius 3 is 2.84 bits per heavy atom. The van der Waals surface area contributed by atoms with Gasteiger partial charge in [-0.1, -0.05) is 24.3 Å². The van der Waals surface area contributed by atoms with Crippen molar-refractivity contribution in [2.24, 2.45) is 0 Å². The highest BCUT2D eigenvalue weighted by Crippen LogP contribution is 2.24. The number of anilines is 2. The van der Waals surface area contributed by atoms with Crippen molar-refractivity contribution in [2.45, 2.75) is 19.4 Å². The number of hydrogen-bond acceptors (Lipinski definition) is 3. The van der Waals surface area contributed by atoms with Gasteiger partial charge in [-0.2, -0.15) is 0 Å². The Morgan fingerprint density at radius 1 is 1.24 bits per heavy atom. The number of benzene rings is 2. The highest BCUT2D eigenvalue weighted by molar-refractivity contribution is 7.80. The summed E-state index contributed by atoms with van der Waals surface area (Å²) in [7, 11) is 1.65. The summed E-state index contributed by atoms with van der Waals surface area (Å²) in [6.45, 7) is 1.35. The molecule has 1 fully saturated rings. The van der Waals surface area contributed by atoms with Gasteiger partial charge < -0.3 is 20.3 Å².